The van der Waals surface area contributed by atoms with Crippen molar-refractivity contribution in [2.45, 2.75) is 58.2 Å². The Morgan fingerprint density at radius 1 is 1.19 bits per heavy atom. The van der Waals surface area contributed by atoms with Gasteiger partial charge in [-0.15, -0.1) is 0 Å². The van der Waals surface area contributed by atoms with Crippen LogP contribution in [0.15, 0.2) is 53.7 Å². The Hall–Kier alpha value is -2.27. The molecule has 0 radical (unpaired) electrons. The number of carbonyl (C=O) groups excluding carboxylic acids is 1. The lowest BCUT2D eigenvalue weighted by atomic mass is 9.75. The molecule has 0 N–H and O–H groups in total. The maximum atomic E-state index is 12.8. The number of carbonyl (C=O) groups is 1. The molecule has 0 saturated heterocycles. The van der Waals surface area contributed by atoms with Crippen molar-refractivity contribution in [3.8, 4) is 5.69 Å². The van der Waals surface area contributed by atoms with Crippen LogP contribution < -0.4 is 0 Å². The third-order valence-electron chi connectivity index (χ3n) is 6.35. The third-order valence-corrected chi connectivity index (χ3v) is 7.27. The van der Waals surface area contributed by atoms with E-state index < -0.39 is 0 Å². The zero-order chi connectivity index (χ0) is 22.0. The van der Waals surface area contributed by atoms with Crippen molar-refractivity contribution in [1.29, 1.82) is 0 Å². The van der Waals surface area contributed by atoms with E-state index in [0.717, 1.165) is 34.7 Å². The Kier molecular flexibility index (Phi) is 6.71. The summed E-state index contributed by atoms with van der Waals surface area (Å²) in [6.45, 7) is 8.82. The number of fused-ring (bicyclic) bond motifs is 1. The van der Waals surface area contributed by atoms with Gasteiger partial charge in [-0.1, -0.05) is 63.2 Å². The van der Waals surface area contributed by atoms with Crippen LogP contribution >= 0.6 is 11.8 Å². The number of rotatable bonds is 6. The second kappa shape index (κ2) is 9.47. The lowest BCUT2D eigenvalue weighted by Crippen LogP contribution is -2.36. The quantitative estimate of drug-likeness (QED) is 0.330. The Labute approximate surface area is 189 Å². The number of para-hydroxylation sites is 2. The molecule has 1 aliphatic rings. The number of benzene rings is 2. The molecule has 1 fully saturated rings. The number of imidazole rings is 1. The van der Waals surface area contributed by atoms with Crippen molar-refractivity contribution in [2.75, 3.05) is 5.75 Å². The monoisotopic (exact) mass is 436 g/mol. The minimum absolute atomic E-state index is 0.0347. The zero-order valence-corrected chi connectivity index (χ0v) is 19.7. The maximum Gasteiger partial charge on any atom is 0.316 e. The SMILES string of the molecule is Cc1cccc(-n2c(SCC(=O)O[C@@H]3C[C@@H](C)CC[C@H]3C(C)C)nc3ccccc32)c1. The first kappa shape index (κ1) is 21.9. The normalized spacial score (nSPS) is 21.5. The molecule has 1 heterocycles. The second-order valence-electron chi connectivity index (χ2n) is 9.20. The first-order valence-corrected chi connectivity index (χ1v) is 12.3. The van der Waals surface area contributed by atoms with Gasteiger partial charge in [-0.3, -0.25) is 9.36 Å². The van der Waals surface area contributed by atoms with Crippen LogP contribution in [0.4, 0.5) is 0 Å². The van der Waals surface area contributed by atoms with Gasteiger partial charge in [0.15, 0.2) is 5.16 Å². The van der Waals surface area contributed by atoms with E-state index in [0.29, 0.717) is 17.8 Å². The molecule has 3 atom stereocenters. The molecule has 1 aliphatic carbocycles. The predicted octanol–water partition coefficient (Wildman–Crippen LogP) is 6.43. The first-order valence-electron chi connectivity index (χ1n) is 11.3. The fraction of sp³-hybridized carbons (Fsp3) is 0.462. The Morgan fingerprint density at radius 2 is 2.00 bits per heavy atom. The standard InChI is InChI=1S/C26H32N2O2S/c1-17(2)21-13-12-19(4)15-24(21)30-25(29)16-31-26-27-22-10-5-6-11-23(22)28(26)20-9-7-8-18(3)14-20/h5-11,14,17,19,21,24H,12-13,15-16H2,1-4H3/t19-,21-,24+/m0/s1. The zero-order valence-electron chi connectivity index (χ0n) is 18.9. The molecule has 1 aromatic heterocycles. The summed E-state index contributed by atoms with van der Waals surface area (Å²) < 4.78 is 8.14. The largest absolute Gasteiger partial charge is 0.461 e. The number of hydrogen-bond acceptors (Lipinski definition) is 4. The number of aromatic nitrogens is 2. The van der Waals surface area contributed by atoms with E-state index in [4.69, 9.17) is 9.72 Å². The predicted molar refractivity (Wildman–Crippen MR) is 128 cm³/mol. The van der Waals surface area contributed by atoms with E-state index in [1.54, 1.807) is 0 Å². The van der Waals surface area contributed by atoms with Crippen molar-refractivity contribution >= 4 is 28.8 Å². The molecule has 164 valence electrons. The van der Waals surface area contributed by atoms with Crippen LogP contribution in [0.5, 0.6) is 0 Å². The summed E-state index contributed by atoms with van der Waals surface area (Å²) in [6, 6.07) is 16.5. The Balaban J connectivity index is 1.52. The molecule has 3 aromatic rings. The minimum Gasteiger partial charge on any atom is -0.461 e. The smallest absolute Gasteiger partial charge is 0.316 e. The molecule has 2 aromatic carbocycles. The van der Waals surface area contributed by atoms with Crippen molar-refractivity contribution in [2.24, 2.45) is 17.8 Å². The van der Waals surface area contributed by atoms with Crippen molar-refractivity contribution in [3.05, 3.63) is 54.1 Å². The van der Waals surface area contributed by atoms with Gasteiger partial charge in [-0.2, -0.15) is 0 Å². The van der Waals surface area contributed by atoms with E-state index in [2.05, 4.69) is 62.6 Å². The average Bonchev–Trinajstić information content (AvgIpc) is 3.10. The van der Waals surface area contributed by atoms with Crippen LogP contribution in [0.3, 0.4) is 0 Å². The summed E-state index contributed by atoms with van der Waals surface area (Å²) in [7, 11) is 0. The van der Waals surface area contributed by atoms with Gasteiger partial charge < -0.3 is 4.74 Å². The molecule has 4 nitrogen and oxygen atoms in total. The first-order chi connectivity index (χ1) is 14.9. The highest BCUT2D eigenvalue weighted by molar-refractivity contribution is 7.99. The van der Waals surface area contributed by atoms with E-state index in [1.165, 1.54) is 23.7 Å². The molecule has 5 heteroatoms. The van der Waals surface area contributed by atoms with E-state index >= 15 is 0 Å². The van der Waals surface area contributed by atoms with Gasteiger partial charge in [0, 0.05) is 5.69 Å². The molecule has 1 saturated carbocycles. The molecule has 0 unspecified atom stereocenters. The van der Waals surface area contributed by atoms with E-state index in [1.807, 2.05) is 18.2 Å². The summed E-state index contributed by atoms with van der Waals surface area (Å²) in [5.41, 5.74) is 4.23. The van der Waals surface area contributed by atoms with Gasteiger partial charge in [0.2, 0.25) is 0 Å². The highest BCUT2D eigenvalue weighted by atomic mass is 32.2. The third kappa shape index (κ3) is 4.98. The molecule has 0 spiro atoms. The molecular formula is C26H32N2O2S. The maximum absolute atomic E-state index is 12.8. The average molecular weight is 437 g/mol. The van der Waals surface area contributed by atoms with Crippen LogP contribution in [0, 0.1) is 24.7 Å². The lowest BCUT2D eigenvalue weighted by molar-refractivity contribution is -0.152. The van der Waals surface area contributed by atoms with Gasteiger partial charge >= 0.3 is 5.97 Å². The molecule has 0 amide bonds. The second-order valence-corrected chi connectivity index (χ2v) is 10.1. The number of nitrogens with zero attached hydrogens (tertiary/aromatic N) is 2. The van der Waals surface area contributed by atoms with Gasteiger partial charge in [0.25, 0.3) is 0 Å². The van der Waals surface area contributed by atoms with Gasteiger partial charge in [0.05, 0.1) is 16.8 Å². The fourth-order valence-corrected chi connectivity index (χ4v) is 5.50. The summed E-state index contributed by atoms with van der Waals surface area (Å²) in [6.07, 6.45) is 3.38. The number of hydrogen-bond donors (Lipinski definition) is 0. The van der Waals surface area contributed by atoms with Crippen LogP contribution in [0.25, 0.3) is 16.7 Å². The Morgan fingerprint density at radius 3 is 2.77 bits per heavy atom. The molecule has 4 rings (SSSR count). The van der Waals surface area contributed by atoms with Gasteiger partial charge in [-0.05, 0) is 67.3 Å². The highest BCUT2D eigenvalue weighted by Gasteiger charge is 2.33. The summed E-state index contributed by atoms with van der Waals surface area (Å²) in [4.78, 5) is 17.6. The van der Waals surface area contributed by atoms with Crippen LogP contribution in [0.1, 0.15) is 45.6 Å². The lowest BCUT2D eigenvalue weighted by Gasteiger charge is -2.36. The van der Waals surface area contributed by atoms with Crippen LogP contribution in [0.2, 0.25) is 0 Å². The molecule has 0 aliphatic heterocycles. The summed E-state index contributed by atoms with van der Waals surface area (Å²) in [5.74, 6) is 1.74. The molecule has 31 heavy (non-hydrogen) atoms. The minimum atomic E-state index is -0.141. The number of thioether (sulfide) groups is 1. The Bertz CT molecular complexity index is 1060. The van der Waals surface area contributed by atoms with E-state index in [9.17, 15) is 4.79 Å². The number of ether oxygens (including phenoxy) is 1. The highest BCUT2D eigenvalue weighted by Crippen LogP contribution is 2.36. The van der Waals surface area contributed by atoms with Gasteiger partial charge in [-0.25, -0.2) is 4.98 Å². The van der Waals surface area contributed by atoms with Crippen LogP contribution in [-0.4, -0.2) is 27.4 Å². The number of aryl methyl sites for hydroxylation is 1. The molecular weight excluding hydrogens is 404 g/mol. The molecule has 0 bridgehead atoms. The number of esters is 1. The van der Waals surface area contributed by atoms with Crippen molar-refractivity contribution in [1.82, 2.24) is 9.55 Å². The van der Waals surface area contributed by atoms with Gasteiger partial charge in [0.1, 0.15) is 6.10 Å². The van der Waals surface area contributed by atoms with Crippen molar-refractivity contribution < 1.29 is 9.53 Å². The van der Waals surface area contributed by atoms with E-state index in [-0.39, 0.29) is 17.8 Å². The van der Waals surface area contributed by atoms with Crippen molar-refractivity contribution in [3.63, 3.8) is 0 Å². The summed E-state index contributed by atoms with van der Waals surface area (Å²) >= 11 is 1.46. The summed E-state index contributed by atoms with van der Waals surface area (Å²) in [5, 5.41) is 0.821. The van der Waals surface area contributed by atoms with Crippen LogP contribution in [-0.2, 0) is 9.53 Å². The topological polar surface area (TPSA) is 44.1 Å². The fourth-order valence-electron chi connectivity index (χ4n) is 4.69.